The summed E-state index contributed by atoms with van der Waals surface area (Å²) in [5, 5.41) is 2.99. The molecule has 1 aliphatic heterocycles. The normalized spacial score (nSPS) is 15.2. The average Bonchev–Trinajstić information content (AvgIpc) is 3.17. The zero-order valence-electron chi connectivity index (χ0n) is 16.2. The molecule has 2 aromatic carbocycles. The van der Waals surface area contributed by atoms with Gasteiger partial charge in [0.05, 0.1) is 32.5 Å². The van der Waals surface area contributed by atoms with Gasteiger partial charge in [-0.15, -0.1) is 0 Å². The van der Waals surface area contributed by atoms with Crippen LogP contribution in [0.4, 0.5) is 10.5 Å². The fourth-order valence-corrected chi connectivity index (χ4v) is 3.64. The Hall–Kier alpha value is -3.41. The molecular formula is C22H23N3O3. The number of ether oxygens (including phenoxy) is 2. The summed E-state index contributed by atoms with van der Waals surface area (Å²) in [5.74, 6) is 1.25. The van der Waals surface area contributed by atoms with E-state index in [0.717, 1.165) is 16.9 Å². The van der Waals surface area contributed by atoms with Gasteiger partial charge < -0.3 is 24.3 Å². The first kappa shape index (κ1) is 18.0. The number of anilines is 1. The molecule has 1 N–H and O–H groups in total. The van der Waals surface area contributed by atoms with Crippen molar-refractivity contribution in [2.24, 2.45) is 0 Å². The van der Waals surface area contributed by atoms with Gasteiger partial charge in [0.1, 0.15) is 11.5 Å². The summed E-state index contributed by atoms with van der Waals surface area (Å²) >= 11 is 0. The summed E-state index contributed by atoms with van der Waals surface area (Å²) in [6.45, 7) is 2.56. The summed E-state index contributed by atoms with van der Waals surface area (Å²) in [7, 11) is 3.17. The minimum atomic E-state index is -0.174. The van der Waals surface area contributed by atoms with Crippen LogP contribution in [0.25, 0.3) is 5.69 Å². The van der Waals surface area contributed by atoms with E-state index in [1.165, 1.54) is 0 Å². The number of rotatable bonds is 3. The molecule has 1 aliphatic rings. The third-order valence-corrected chi connectivity index (χ3v) is 5.13. The number of nitrogens with one attached hydrogen (secondary N) is 1. The smallest absolute Gasteiger partial charge is 0.322 e. The van der Waals surface area contributed by atoms with Crippen molar-refractivity contribution in [3.05, 3.63) is 72.1 Å². The van der Waals surface area contributed by atoms with Gasteiger partial charge >= 0.3 is 6.03 Å². The Morgan fingerprint density at radius 1 is 1.04 bits per heavy atom. The van der Waals surface area contributed by atoms with Gasteiger partial charge in [-0.3, -0.25) is 0 Å². The largest absolute Gasteiger partial charge is 0.497 e. The van der Waals surface area contributed by atoms with Crippen LogP contribution in [0.5, 0.6) is 11.5 Å². The summed E-state index contributed by atoms with van der Waals surface area (Å²) in [4.78, 5) is 15.0. The Bertz CT molecular complexity index is 990. The van der Waals surface area contributed by atoms with Crippen molar-refractivity contribution in [2.45, 2.75) is 19.5 Å². The molecule has 1 aromatic heterocycles. The van der Waals surface area contributed by atoms with E-state index in [0.29, 0.717) is 23.7 Å². The fourth-order valence-electron chi connectivity index (χ4n) is 3.64. The Labute approximate surface area is 164 Å². The van der Waals surface area contributed by atoms with Crippen molar-refractivity contribution in [2.75, 3.05) is 19.5 Å². The lowest BCUT2D eigenvalue weighted by Gasteiger charge is -2.28. The van der Waals surface area contributed by atoms with Crippen LogP contribution < -0.4 is 14.8 Å². The monoisotopic (exact) mass is 377 g/mol. The third-order valence-electron chi connectivity index (χ3n) is 5.13. The molecule has 6 nitrogen and oxygen atoms in total. The first-order valence-corrected chi connectivity index (χ1v) is 9.17. The number of carbonyl (C=O) groups is 1. The summed E-state index contributed by atoms with van der Waals surface area (Å²) < 4.78 is 12.8. The average molecular weight is 377 g/mol. The van der Waals surface area contributed by atoms with Crippen molar-refractivity contribution in [1.29, 1.82) is 0 Å². The molecule has 4 rings (SSSR count). The Kier molecular flexibility index (Phi) is 4.69. The Morgan fingerprint density at radius 3 is 2.46 bits per heavy atom. The molecule has 3 aromatic rings. The van der Waals surface area contributed by atoms with E-state index in [1.807, 2.05) is 36.2 Å². The number of fused-ring (bicyclic) bond motifs is 3. The number of methoxy groups -OCH3 is 2. The van der Waals surface area contributed by atoms with E-state index in [1.54, 1.807) is 32.4 Å². The molecule has 0 saturated heterocycles. The van der Waals surface area contributed by atoms with Gasteiger partial charge in [0, 0.05) is 35.8 Å². The second-order valence-electron chi connectivity index (χ2n) is 6.77. The first-order valence-electron chi connectivity index (χ1n) is 9.17. The molecule has 0 saturated carbocycles. The topological polar surface area (TPSA) is 55.7 Å². The van der Waals surface area contributed by atoms with Gasteiger partial charge in [0.15, 0.2) is 0 Å². The number of hydrogen-bond donors (Lipinski definition) is 1. The van der Waals surface area contributed by atoms with Crippen LogP contribution >= 0.6 is 0 Å². The van der Waals surface area contributed by atoms with Crippen LogP contribution in [-0.2, 0) is 6.54 Å². The number of hydrogen-bond acceptors (Lipinski definition) is 3. The van der Waals surface area contributed by atoms with Gasteiger partial charge in [0.25, 0.3) is 0 Å². The van der Waals surface area contributed by atoms with Crippen molar-refractivity contribution in [1.82, 2.24) is 9.47 Å². The molecule has 1 atom stereocenters. The molecule has 0 bridgehead atoms. The molecular weight excluding hydrogens is 354 g/mol. The van der Waals surface area contributed by atoms with E-state index in [2.05, 4.69) is 28.1 Å². The van der Waals surface area contributed by atoms with E-state index in [9.17, 15) is 4.79 Å². The number of benzene rings is 2. The second-order valence-corrected chi connectivity index (χ2v) is 6.77. The van der Waals surface area contributed by atoms with Crippen molar-refractivity contribution in [3.63, 3.8) is 0 Å². The SMILES string of the molecule is COc1cc(NC(=O)N2Cc3ccccc3-n3cccc3C2C)cc(OC)c1. The Balaban J connectivity index is 1.67. The predicted molar refractivity (Wildman–Crippen MR) is 108 cm³/mol. The van der Waals surface area contributed by atoms with Gasteiger partial charge in [-0.2, -0.15) is 0 Å². The van der Waals surface area contributed by atoms with Crippen LogP contribution in [-0.4, -0.2) is 29.7 Å². The lowest BCUT2D eigenvalue weighted by atomic mass is 10.1. The highest BCUT2D eigenvalue weighted by Crippen LogP contribution is 2.33. The number of aromatic nitrogens is 1. The lowest BCUT2D eigenvalue weighted by Crippen LogP contribution is -2.36. The van der Waals surface area contributed by atoms with Crippen molar-refractivity contribution < 1.29 is 14.3 Å². The van der Waals surface area contributed by atoms with Crippen LogP contribution in [0.15, 0.2) is 60.8 Å². The minimum Gasteiger partial charge on any atom is -0.497 e. The molecule has 1 unspecified atom stereocenters. The number of nitrogens with zero attached hydrogens (tertiary/aromatic N) is 2. The lowest BCUT2D eigenvalue weighted by molar-refractivity contribution is 0.189. The quantitative estimate of drug-likeness (QED) is 0.726. The van der Waals surface area contributed by atoms with E-state index in [4.69, 9.17) is 9.47 Å². The summed E-state index contributed by atoms with van der Waals surface area (Å²) in [5.41, 5.74) is 3.90. The zero-order valence-corrected chi connectivity index (χ0v) is 16.2. The highest BCUT2D eigenvalue weighted by atomic mass is 16.5. The predicted octanol–water partition coefficient (Wildman–Crippen LogP) is 4.60. The molecule has 144 valence electrons. The maximum Gasteiger partial charge on any atom is 0.322 e. The Morgan fingerprint density at radius 2 is 1.75 bits per heavy atom. The molecule has 0 radical (unpaired) electrons. The van der Waals surface area contributed by atoms with Gasteiger partial charge in [-0.05, 0) is 30.7 Å². The minimum absolute atomic E-state index is 0.0881. The maximum atomic E-state index is 13.2. The van der Waals surface area contributed by atoms with Crippen LogP contribution in [0.1, 0.15) is 24.2 Å². The molecule has 6 heteroatoms. The molecule has 2 amide bonds. The standard InChI is InChI=1S/C22H23N3O3/c1-15-20-9-6-10-24(20)21-8-5-4-7-16(21)14-25(15)22(26)23-17-11-18(27-2)13-19(12-17)28-3/h4-13,15H,14H2,1-3H3,(H,23,26). The molecule has 0 spiro atoms. The van der Waals surface area contributed by atoms with Crippen LogP contribution in [0.3, 0.4) is 0 Å². The van der Waals surface area contributed by atoms with E-state index < -0.39 is 0 Å². The number of para-hydroxylation sites is 1. The number of carbonyl (C=O) groups excluding carboxylic acids is 1. The fraction of sp³-hybridized carbons (Fsp3) is 0.227. The van der Waals surface area contributed by atoms with Gasteiger partial charge in [0.2, 0.25) is 0 Å². The van der Waals surface area contributed by atoms with Crippen LogP contribution in [0, 0.1) is 0 Å². The maximum absolute atomic E-state index is 13.2. The van der Waals surface area contributed by atoms with Crippen molar-refractivity contribution in [3.8, 4) is 17.2 Å². The second kappa shape index (κ2) is 7.31. The molecule has 28 heavy (non-hydrogen) atoms. The third kappa shape index (κ3) is 3.17. The molecule has 2 heterocycles. The van der Waals surface area contributed by atoms with Crippen LogP contribution in [0.2, 0.25) is 0 Å². The zero-order chi connectivity index (χ0) is 19.7. The highest BCUT2D eigenvalue weighted by molar-refractivity contribution is 5.90. The van der Waals surface area contributed by atoms with Gasteiger partial charge in [-0.1, -0.05) is 18.2 Å². The van der Waals surface area contributed by atoms with E-state index >= 15 is 0 Å². The van der Waals surface area contributed by atoms with E-state index in [-0.39, 0.29) is 12.1 Å². The molecule has 0 aliphatic carbocycles. The summed E-state index contributed by atoms with van der Waals surface area (Å²) in [6, 6.07) is 17.3. The number of urea groups is 1. The highest BCUT2D eigenvalue weighted by Gasteiger charge is 2.28. The van der Waals surface area contributed by atoms with Gasteiger partial charge in [-0.25, -0.2) is 4.79 Å². The number of amides is 2. The molecule has 0 fully saturated rings. The van der Waals surface area contributed by atoms with Crippen molar-refractivity contribution >= 4 is 11.7 Å². The first-order chi connectivity index (χ1) is 13.6. The summed E-state index contributed by atoms with van der Waals surface area (Å²) in [6.07, 6.45) is 2.04.